The van der Waals surface area contributed by atoms with Gasteiger partial charge in [0.05, 0.1) is 18.9 Å². The first-order valence-electron chi connectivity index (χ1n) is 13.2. The number of amides is 2. The molecule has 0 aliphatic rings. The number of carbonyl (C=O) groups excluding carboxylic acids is 4. The van der Waals surface area contributed by atoms with Crippen LogP contribution in [0.25, 0.3) is 5.69 Å². The number of carboxylic acid groups (broad SMARTS) is 1. The molecule has 0 bridgehead atoms. The molecule has 0 aliphatic carbocycles. The molecule has 42 heavy (non-hydrogen) atoms. The van der Waals surface area contributed by atoms with Crippen molar-refractivity contribution in [3.05, 3.63) is 35.7 Å². The molecule has 0 unspecified atom stereocenters. The molecular weight excluding hydrogens is 548 g/mol. The minimum atomic E-state index is -0.656. The monoisotopic (exact) mass is 590 g/mol. The average Bonchev–Trinajstić information content (AvgIpc) is 3.23. The van der Waals surface area contributed by atoms with Crippen molar-refractivity contribution in [2.45, 2.75) is 27.7 Å². The number of rotatable bonds is 11. The van der Waals surface area contributed by atoms with Crippen LogP contribution in [0.5, 0.6) is 17.2 Å². The van der Waals surface area contributed by atoms with Crippen LogP contribution in [-0.2, 0) is 14.4 Å². The molecular formula is C29H42N4O9. The maximum Gasteiger partial charge on any atom is 0.313 e. The quantitative estimate of drug-likeness (QED) is 0.306. The standard InChI is InChI=1S/C28H40N4O7.CH2O2/c1-17(2)27(35)38-23-21(25(33)30(7)8)32(19-11-13-20(37-10)14-12-19)22(24(23)39-28(36)18(3)4)26(34)31(9)16-15-29(5)6;2-1-3/h11-14,17-18H,15-16H2,1-10H3;1H,(H,2,3). The van der Waals surface area contributed by atoms with Crippen molar-refractivity contribution in [2.24, 2.45) is 11.8 Å². The summed E-state index contributed by atoms with van der Waals surface area (Å²) in [7, 11) is 9.96. The van der Waals surface area contributed by atoms with Gasteiger partial charge in [0.2, 0.25) is 11.5 Å². The number of esters is 2. The zero-order valence-electron chi connectivity index (χ0n) is 26.0. The molecule has 13 nitrogen and oxygen atoms in total. The van der Waals surface area contributed by atoms with E-state index in [4.69, 9.17) is 24.1 Å². The van der Waals surface area contributed by atoms with Gasteiger partial charge in [-0.1, -0.05) is 27.7 Å². The van der Waals surface area contributed by atoms with Crippen molar-refractivity contribution in [3.8, 4) is 22.9 Å². The highest BCUT2D eigenvalue weighted by Crippen LogP contribution is 2.42. The first kappa shape index (κ1) is 35.6. The van der Waals surface area contributed by atoms with E-state index in [0.29, 0.717) is 24.5 Å². The third-order valence-corrected chi connectivity index (χ3v) is 5.80. The van der Waals surface area contributed by atoms with E-state index in [0.717, 1.165) is 0 Å². The van der Waals surface area contributed by atoms with Crippen LogP contribution in [0.15, 0.2) is 24.3 Å². The van der Waals surface area contributed by atoms with Gasteiger partial charge in [-0.2, -0.15) is 0 Å². The van der Waals surface area contributed by atoms with Crippen LogP contribution in [0.2, 0.25) is 0 Å². The third-order valence-electron chi connectivity index (χ3n) is 5.80. The second-order valence-corrected chi connectivity index (χ2v) is 10.4. The largest absolute Gasteiger partial charge is 0.497 e. The van der Waals surface area contributed by atoms with Crippen molar-refractivity contribution in [2.75, 3.05) is 55.4 Å². The molecule has 2 aromatic rings. The summed E-state index contributed by atoms with van der Waals surface area (Å²) in [5.74, 6) is -3.55. The van der Waals surface area contributed by atoms with Crippen LogP contribution in [0, 0.1) is 11.8 Å². The highest BCUT2D eigenvalue weighted by atomic mass is 16.6. The highest BCUT2D eigenvalue weighted by molar-refractivity contribution is 6.05. The fourth-order valence-corrected chi connectivity index (χ4v) is 3.38. The predicted octanol–water partition coefficient (Wildman–Crippen LogP) is 2.64. The summed E-state index contributed by atoms with van der Waals surface area (Å²) in [6.07, 6.45) is 0. The lowest BCUT2D eigenvalue weighted by atomic mass is 10.2. The normalized spacial score (nSPS) is 10.6. The number of hydrogen-bond acceptors (Lipinski definition) is 9. The van der Waals surface area contributed by atoms with E-state index >= 15 is 0 Å². The van der Waals surface area contributed by atoms with Gasteiger partial charge in [-0.15, -0.1) is 0 Å². The Hall–Kier alpha value is -4.39. The molecule has 0 saturated heterocycles. The van der Waals surface area contributed by atoms with Crippen molar-refractivity contribution in [1.29, 1.82) is 0 Å². The number of carbonyl (C=O) groups is 5. The Labute approximate surface area is 246 Å². The molecule has 1 heterocycles. The number of methoxy groups -OCH3 is 1. The number of nitrogens with zero attached hydrogens (tertiary/aromatic N) is 4. The summed E-state index contributed by atoms with van der Waals surface area (Å²) >= 11 is 0. The fraction of sp³-hybridized carbons (Fsp3) is 0.483. The summed E-state index contributed by atoms with van der Waals surface area (Å²) < 4.78 is 18.1. The highest BCUT2D eigenvalue weighted by Gasteiger charge is 2.38. The van der Waals surface area contributed by atoms with Gasteiger partial charge < -0.3 is 34.0 Å². The molecule has 0 spiro atoms. The SMILES string of the molecule is COc1ccc(-n2c(C(=O)N(C)C)c(OC(=O)C(C)C)c(OC(=O)C(C)C)c2C(=O)N(C)CCN(C)C)cc1.O=CO. The summed E-state index contributed by atoms with van der Waals surface area (Å²) in [5.41, 5.74) is 0.154. The average molecular weight is 591 g/mol. The van der Waals surface area contributed by atoms with Crippen molar-refractivity contribution < 1.29 is 43.3 Å². The third kappa shape index (κ3) is 9.06. The zero-order valence-corrected chi connectivity index (χ0v) is 26.0. The fourth-order valence-electron chi connectivity index (χ4n) is 3.38. The molecule has 2 amide bonds. The molecule has 0 radical (unpaired) electrons. The molecule has 1 aromatic carbocycles. The predicted molar refractivity (Wildman–Crippen MR) is 155 cm³/mol. The lowest BCUT2D eigenvalue weighted by molar-refractivity contribution is -0.140. The molecule has 232 valence electrons. The molecule has 0 atom stereocenters. The summed E-state index contributed by atoms with van der Waals surface area (Å²) in [6.45, 7) is 7.20. The molecule has 1 N–H and O–H groups in total. The van der Waals surface area contributed by atoms with E-state index in [9.17, 15) is 19.2 Å². The van der Waals surface area contributed by atoms with Crippen molar-refractivity contribution in [3.63, 3.8) is 0 Å². The van der Waals surface area contributed by atoms with Crippen LogP contribution in [0.3, 0.4) is 0 Å². The van der Waals surface area contributed by atoms with Crippen LogP contribution in [0.4, 0.5) is 0 Å². The molecule has 0 fully saturated rings. The molecule has 2 rings (SSSR count). The van der Waals surface area contributed by atoms with Crippen LogP contribution >= 0.6 is 0 Å². The Balaban J connectivity index is 0.00000281. The number of hydrogen-bond donors (Lipinski definition) is 1. The summed E-state index contributed by atoms with van der Waals surface area (Å²) in [5, 5.41) is 6.89. The number of aromatic nitrogens is 1. The number of benzene rings is 1. The van der Waals surface area contributed by atoms with Crippen LogP contribution in [0.1, 0.15) is 48.7 Å². The lowest BCUT2D eigenvalue weighted by Gasteiger charge is -2.22. The number of ether oxygens (including phenoxy) is 3. The van der Waals surface area contributed by atoms with Gasteiger partial charge in [0.15, 0.2) is 11.4 Å². The van der Waals surface area contributed by atoms with Crippen LogP contribution in [-0.4, -0.2) is 110 Å². The van der Waals surface area contributed by atoms with Gasteiger partial charge in [0.1, 0.15) is 5.75 Å². The van der Waals surface area contributed by atoms with Crippen molar-refractivity contribution >= 4 is 30.2 Å². The van der Waals surface area contributed by atoms with Crippen LogP contribution < -0.4 is 14.2 Å². The van der Waals surface area contributed by atoms with Gasteiger partial charge >= 0.3 is 11.9 Å². The van der Waals surface area contributed by atoms with E-state index in [1.807, 2.05) is 19.0 Å². The van der Waals surface area contributed by atoms with Gasteiger partial charge in [-0.3, -0.25) is 28.5 Å². The number of likely N-dealkylation sites (N-methyl/N-ethyl adjacent to an activating group) is 2. The van der Waals surface area contributed by atoms with E-state index in [1.165, 1.54) is 35.6 Å². The Bertz CT molecular complexity index is 1250. The Morgan fingerprint density at radius 3 is 1.60 bits per heavy atom. The first-order valence-corrected chi connectivity index (χ1v) is 13.2. The second-order valence-electron chi connectivity index (χ2n) is 10.4. The molecule has 1 aromatic heterocycles. The minimum absolute atomic E-state index is 0.118. The molecule has 0 saturated carbocycles. The first-order chi connectivity index (χ1) is 19.6. The van der Waals surface area contributed by atoms with E-state index in [-0.39, 0.29) is 29.4 Å². The second kappa shape index (κ2) is 16.2. The van der Waals surface area contributed by atoms with E-state index in [1.54, 1.807) is 59.0 Å². The topological polar surface area (TPSA) is 148 Å². The summed E-state index contributed by atoms with van der Waals surface area (Å²) in [4.78, 5) is 66.4. The summed E-state index contributed by atoms with van der Waals surface area (Å²) in [6, 6.07) is 6.65. The van der Waals surface area contributed by atoms with Crippen molar-refractivity contribution in [1.82, 2.24) is 19.3 Å². The Morgan fingerprint density at radius 2 is 1.24 bits per heavy atom. The Kier molecular flexibility index (Phi) is 13.7. The smallest absolute Gasteiger partial charge is 0.313 e. The zero-order chi connectivity index (χ0) is 32.3. The molecule has 13 heteroatoms. The van der Waals surface area contributed by atoms with Gasteiger partial charge in [0.25, 0.3) is 18.3 Å². The van der Waals surface area contributed by atoms with E-state index < -0.39 is 35.6 Å². The van der Waals surface area contributed by atoms with Gasteiger partial charge in [-0.05, 0) is 38.4 Å². The van der Waals surface area contributed by atoms with Gasteiger partial charge in [-0.25, -0.2) is 0 Å². The molecule has 0 aliphatic heterocycles. The maximum atomic E-state index is 14.0. The Morgan fingerprint density at radius 1 is 0.810 bits per heavy atom. The van der Waals surface area contributed by atoms with Gasteiger partial charge in [0, 0.05) is 39.9 Å². The maximum absolute atomic E-state index is 14.0. The minimum Gasteiger partial charge on any atom is -0.497 e. The lowest BCUT2D eigenvalue weighted by Crippen LogP contribution is -2.35. The van der Waals surface area contributed by atoms with E-state index in [2.05, 4.69) is 0 Å².